The number of aryl methyl sites for hydroxylation is 1. The summed E-state index contributed by atoms with van der Waals surface area (Å²) in [6, 6.07) is 0. The lowest BCUT2D eigenvalue weighted by Gasteiger charge is -1.94. The van der Waals surface area contributed by atoms with Crippen LogP contribution < -0.4 is 0 Å². The van der Waals surface area contributed by atoms with Crippen molar-refractivity contribution in [2.45, 2.75) is 26.7 Å². The third-order valence-corrected chi connectivity index (χ3v) is 2.24. The Hall–Kier alpha value is -0.370. The smallest absolute Gasteiger partial charge is 0.0960 e. The van der Waals surface area contributed by atoms with Crippen LogP contribution in [0.3, 0.4) is 0 Å². The summed E-state index contributed by atoms with van der Waals surface area (Å²) >= 11 is 1.62. The SMILES string of the molecule is Cc1[c]sc(C(C)C)n1. The van der Waals surface area contributed by atoms with Crippen LogP contribution in [0.4, 0.5) is 0 Å². The monoisotopic (exact) mass is 140 g/mol. The fraction of sp³-hybridized carbons (Fsp3) is 0.571. The van der Waals surface area contributed by atoms with E-state index in [1.807, 2.05) is 6.92 Å². The summed E-state index contributed by atoms with van der Waals surface area (Å²) in [5.41, 5.74) is 1.02. The largest absolute Gasteiger partial charge is 0.246 e. The van der Waals surface area contributed by atoms with E-state index < -0.39 is 0 Å². The molecule has 1 heterocycles. The molecule has 1 rings (SSSR count). The van der Waals surface area contributed by atoms with Crippen molar-refractivity contribution < 1.29 is 0 Å². The first-order chi connectivity index (χ1) is 4.20. The van der Waals surface area contributed by atoms with E-state index >= 15 is 0 Å². The highest BCUT2D eigenvalue weighted by Gasteiger charge is 2.01. The molecule has 1 aromatic rings. The Bertz CT molecular complexity index is 191. The van der Waals surface area contributed by atoms with E-state index in [1.165, 1.54) is 5.01 Å². The maximum atomic E-state index is 4.27. The van der Waals surface area contributed by atoms with Gasteiger partial charge in [0.25, 0.3) is 0 Å². The zero-order valence-corrected chi connectivity index (χ0v) is 6.75. The van der Waals surface area contributed by atoms with Crippen molar-refractivity contribution in [1.82, 2.24) is 4.98 Å². The Kier molecular flexibility index (Phi) is 1.86. The summed E-state index contributed by atoms with van der Waals surface area (Å²) in [6.45, 7) is 6.26. The first-order valence-corrected chi connectivity index (χ1v) is 3.87. The first-order valence-electron chi connectivity index (χ1n) is 3.05. The lowest BCUT2D eigenvalue weighted by atomic mass is 10.2. The Balaban J connectivity index is 2.85. The average Bonchev–Trinajstić information content (AvgIpc) is 2.14. The normalized spacial score (nSPS) is 10.7. The molecule has 0 unspecified atom stereocenters. The third-order valence-electron chi connectivity index (χ3n) is 1.08. The highest BCUT2D eigenvalue weighted by Crippen LogP contribution is 2.17. The minimum Gasteiger partial charge on any atom is -0.246 e. The quantitative estimate of drug-likeness (QED) is 0.583. The number of hydrogen-bond donors (Lipinski definition) is 0. The molecule has 0 bridgehead atoms. The molecule has 1 aromatic heterocycles. The molecular weight excluding hydrogens is 130 g/mol. The predicted molar refractivity (Wildman–Crippen MR) is 39.8 cm³/mol. The molecule has 0 spiro atoms. The molecule has 1 radical (unpaired) electrons. The molecule has 9 heavy (non-hydrogen) atoms. The highest BCUT2D eigenvalue weighted by atomic mass is 32.1. The molecule has 0 aromatic carbocycles. The van der Waals surface area contributed by atoms with E-state index in [9.17, 15) is 0 Å². The number of rotatable bonds is 1. The summed E-state index contributed by atoms with van der Waals surface area (Å²) in [5.74, 6) is 0.556. The van der Waals surface area contributed by atoms with Gasteiger partial charge in [-0.15, -0.1) is 11.3 Å². The van der Waals surface area contributed by atoms with Crippen molar-refractivity contribution in [3.63, 3.8) is 0 Å². The van der Waals surface area contributed by atoms with Gasteiger partial charge in [0.2, 0.25) is 0 Å². The second kappa shape index (κ2) is 2.48. The van der Waals surface area contributed by atoms with Gasteiger partial charge in [0.15, 0.2) is 0 Å². The van der Waals surface area contributed by atoms with Crippen LogP contribution in [0.15, 0.2) is 0 Å². The third kappa shape index (κ3) is 1.52. The van der Waals surface area contributed by atoms with Gasteiger partial charge in [-0.1, -0.05) is 13.8 Å². The van der Waals surface area contributed by atoms with Gasteiger partial charge in [-0.25, -0.2) is 4.98 Å². The number of aromatic nitrogens is 1. The van der Waals surface area contributed by atoms with Crippen LogP contribution in [0.2, 0.25) is 0 Å². The van der Waals surface area contributed by atoms with Crippen LogP contribution in [0.25, 0.3) is 0 Å². The molecule has 0 saturated carbocycles. The summed E-state index contributed by atoms with van der Waals surface area (Å²) in [4.78, 5) is 4.27. The fourth-order valence-corrected chi connectivity index (χ4v) is 1.30. The summed E-state index contributed by atoms with van der Waals surface area (Å²) < 4.78 is 0. The molecule has 1 nitrogen and oxygen atoms in total. The predicted octanol–water partition coefficient (Wildman–Crippen LogP) is 2.38. The second-order valence-corrected chi connectivity index (χ2v) is 3.22. The fourth-order valence-electron chi connectivity index (χ4n) is 0.584. The molecule has 0 atom stereocenters. The van der Waals surface area contributed by atoms with E-state index in [2.05, 4.69) is 24.2 Å². The van der Waals surface area contributed by atoms with Crippen molar-refractivity contribution >= 4 is 11.3 Å². The van der Waals surface area contributed by atoms with Crippen molar-refractivity contribution in [1.29, 1.82) is 0 Å². The molecular formula is C7H10NS. The average molecular weight is 140 g/mol. The van der Waals surface area contributed by atoms with Crippen LogP contribution in [-0.2, 0) is 0 Å². The van der Waals surface area contributed by atoms with Crippen molar-refractivity contribution in [3.05, 3.63) is 16.1 Å². The number of nitrogens with zero attached hydrogens (tertiary/aromatic N) is 1. The Labute approximate surface area is 59.8 Å². The molecule has 0 fully saturated rings. The Morgan fingerprint density at radius 3 is 2.44 bits per heavy atom. The molecule has 0 aliphatic rings. The van der Waals surface area contributed by atoms with Crippen LogP contribution >= 0.6 is 11.3 Å². The zero-order valence-electron chi connectivity index (χ0n) is 5.93. The molecule has 0 amide bonds. The van der Waals surface area contributed by atoms with Gasteiger partial charge in [0.1, 0.15) is 0 Å². The lowest BCUT2D eigenvalue weighted by molar-refractivity contribution is 0.847. The van der Waals surface area contributed by atoms with Crippen molar-refractivity contribution in [3.8, 4) is 0 Å². The molecule has 0 aliphatic carbocycles. The van der Waals surface area contributed by atoms with Crippen molar-refractivity contribution in [2.75, 3.05) is 0 Å². The van der Waals surface area contributed by atoms with Gasteiger partial charge in [-0.3, -0.25) is 0 Å². The minimum atomic E-state index is 0.556. The maximum Gasteiger partial charge on any atom is 0.0960 e. The molecule has 0 saturated heterocycles. The van der Waals surface area contributed by atoms with Gasteiger partial charge in [-0.2, -0.15) is 0 Å². The standard InChI is InChI=1S/C7H10NS/c1-5(2)7-8-6(3)4-9-7/h5H,1-3H3. The molecule has 0 N–H and O–H groups in total. The van der Waals surface area contributed by atoms with E-state index in [-0.39, 0.29) is 0 Å². The molecule has 2 heteroatoms. The van der Waals surface area contributed by atoms with Gasteiger partial charge < -0.3 is 0 Å². The van der Waals surface area contributed by atoms with Gasteiger partial charge in [0, 0.05) is 5.92 Å². The maximum absolute atomic E-state index is 4.27. The summed E-state index contributed by atoms with van der Waals surface area (Å²) in [5, 5.41) is 4.27. The first kappa shape index (κ1) is 6.75. The molecule has 49 valence electrons. The zero-order chi connectivity index (χ0) is 6.85. The van der Waals surface area contributed by atoms with Gasteiger partial charge >= 0.3 is 0 Å². The topological polar surface area (TPSA) is 12.9 Å². The van der Waals surface area contributed by atoms with Gasteiger partial charge in [0.05, 0.1) is 16.1 Å². The summed E-state index contributed by atoms with van der Waals surface area (Å²) in [7, 11) is 0. The number of hydrogen-bond acceptors (Lipinski definition) is 2. The highest BCUT2D eigenvalue weighted by molar-refractivity contribution is 7.09. The van der Waals surface area contributed by atoms with Crippen LogP contribution in [0, 0.1) is 12.3 Å². The van der Waals surface area contributed by atoms with E-state index in [0.29, 0.717) is 5.92 Å². The van der Waals surface area contributed by atoms with E-state index in [1.54, 1.807) is 11.3 Å². The van der Waals surface area contributed by atoms with Crippen LogP contribution in [-0.4, -0.2) is 4.98 Å². The van der Waals surface area contributed by atoms with E-state index in [0.717, 1.165) is 5.69 Å². The number of thiazole rings is 1. The lowest BCUT2D eigenvalue weighted by Crippen LogP contribution is -1.83. The second-order valence-electron chi connectivity index (χ2n) is 2.39. The molecule has 0 aliphatic heterocycles. The Morgan fingerprint density at radius 1 is 1.56 bits per heavy atom. The van der Waals surface area contributed by atoms with Crippen LogP contribution in [0.5, 0.6) is 0 Å². The van der Waals surface area contributed by atoms with Crippen LogP contribution in [0.1, 0.15) is 30.5 Å². The minimum absolute atomic E-state index is 0.556. The Morgan fingerprint density at radius 2 is 2.22 bits per heavy atom. The van der Waals surface area contributed by atoms with Gasteiger partial charge in [-0.05, 0) is 6.92 Å². The van der Waals surface area contributed by atoms with E-state index in [4.69, 9.17) is 0 Å². The summed E-state index contributed by atoms with van der Waals surface area (Å²) in [6.07, 6.45) is 0. The van der Waals surface area contributed by atoms with Crippen molar-refractivity contribution in [2.24, 2.45) is 0 Å².